The Labute approximate surface area is 96.8 Å². The summed E-state index contributed by atoms with van der Waals surface area (Å²) in [5, 5.41) is 0. The van der Waals surface area contributed by atoms with E-state index in [9.17, 15) is 18.4 Å². The molecule has 0 saturated carbocycles. The number of anilines is 1. The van der Waals surface area contributed by atoms with Crippen molar-refractivity contribution in [2.75, 3.05) is 19.1 Å². The summed E-state index contributed by atoms with van der Waals surface area (Å²) in [5.41, 5.74) is -0.316. The van der Waals surface area contributed by atoms with Crippen molar-refractivity contribution in [3.8, 4) is 5.75 Å². The van der Waals surface area contributed by atoms with Gasteiger partial charge in [-0.1, -0.05) is 0 Å². The van der Waals surface area contributed by atoms with E-state index in [1.807, 2.05) is 0 Å². The normalized spacial score (nSPS) is 9.94. The van der Waals surface area contributed by atoms with Gasteiger partial charge in [-0.3, -0.25) is 9.59 Å². The third-order valence-corrected chi connectivity index (χ3v) is 2.19. The molecule has 0 radical (unpaired) electrons. The second kappa shape index (κ2) is 4.90. The molecule has 0 N–H and O–H groups in total. The van der Waals surface area contributed by atoms with E-state index in [0.717, 1.165) is 24.0 Å². The number of Topliss-reactive ketones (excluding diaryl/α,β-unsaturated/α-hetero) is 1. The maximum absolute atomic E-state index is 13.5. The number of carbonyl (C=O) groups is 2. The van der Waals surface area contributed by atoms with Crippen molar-refractivity contribution >= 4 is 17.4 Å². The molecule has 0 heterocycles. The van der Waals surface area contributed by atoms with Crippen LogP contribution in [0.3, 0.4) is 0 Å². The third-order valence-electron chi connectivity index (χ3n) is 2.19. The SMILES string of the molecule is COc1cc(F)c(N(C)C(=O)C(C)=O)cc1F. The average molecular weight is 243 g/mol. The molecule has 0 saturated heterocycles. The van der Waals surface area contributed by atoms with Crippen LogP contribution in [0.4, 0.5) is 14.5 Å². The summed E-state index contributed by atoms with van der Waals surface area (Å²) in [6, 6.07) is 1.61. The summed E-state index contributed by atoms with van der Waals surface area (Å²) in [6.07, 6.45) is 0. The highest BCUT2D eigenvalue weighted by Crippen LogP contribution is 2.26. The second-order valence-corrected chi connectivity index (χ2v) is 3.36. The zero-order valence-electron chi connectivity index (χ0n) is 9.58. The third kappa shape index (κ3) is 2.58. The molecule has 0 aliphatic rings. The molecule has 0 aromatic heterocycles. The topological polar surface area (TPSA) is 46.6 Å². The zero-order valence-corrected chi connectivity index (χ0v) is 9.58. The summed E-state index contributed by atoms with van der Waals surface area (Å²) in [5.74, 6) is -3.61. The Morgan fingerprint density at radius 1 is 1.24 bits per heavy atom. The Morgan fingerprint density at radius 2 is 1.82 bits per heavy atom. The molecule has 6 heteroatoms. The molecule has 0 spiro atoms. The predicted molar refractivity (Wildman–Crippen MR) is 57.0 cm³/mol. The smallest absolute Gasteiger partial charge is 0.293 e. The number of amides is 1. The van der Waals surface area contributed by atoms with Crippen molar-refractivity contribution in [3.63, 3.8) is 0 Å². The Morgan fingerprint density at radius 3 is 2.29 bits per heavy atom. The number of ketones is 1. The fourth-order valence-electron chi connectivity index (χ4n) is 1.28. The number of halogens is 2. The van der Waals surface area contributed by atoms with Crippen molar-refractivity contribution in [2.24, 2.45) is 0 Å². The summed E-state index contributed by atoms with van der Waals surface area (Å²) in [4.78, 5) is 22.9. The van der Waals surface area contributed by atoms with Crippen LogP contribution in [0.1, 0.15) is 6.92 Å². The van der Waals surface area contributed by atoms with Crippen LogP contribution < -0.4 is 9.64 Å². The van der Waals surface area contributed by atoms with Gasteiger partial charge < -0.3 is 9.64 Å². The van der Waals surface area contributed by atoms with E-state index in [2.05, 4.69) is 4.74 Å². The lowest BCUT2D eigenvalue weighted by Crippen LogP contribution is -2.32. The fourth-order valence-corrected chi connectivity index (χ4v) is 1.28. The molecule has 0 atom stereocenters. The highest BCUT2D eigenvalue weighted by atomic mass is 19.1. The number of ether oxygens (including phenoxy) is 1. The van der Waals surface area contributed by atoms with Crippen LogP contribution in [0.15, 0.2) is 12.1 Å². The molecule has 0 fully saturated rings. The van der Waals surface area contributed by atoms with Gasteiger partial charge in [0.2, 0.25) is 5.78 Å². The largest absolute Gasteiger partial charge is 0.494 e. The fraction of sp³-hybridized carbons (Fsp3) is 0.273. The molecule has 0 aliphatic carbocycles. The van der Waals surface area contributed by atoms with E-state index < -0.39 is 23.3 Å². The zero-order chi connectivity index (χ0) is 13.2. The quantitative estimate of drug-likeness (QED) is 0.756. The van der Waals surface area contributed by atoms with E-state index in [1.165, 1.54) is 14.2 Å². The molecule has 0 unspecified atom stereocenters. The monoisotopic (exact) mass is 243 g/mol. The van der Waals surface area contributed by atoms with E-state index in [-0.39, 0.29) is 11.4 Å². The molecule has 1 aromatic rings. The Kier molecular flexibility index (Phi) is 3.77. The maximum Gasteiger partial charge on any atom is 0.293 e. The molecule has 0 bridgehead atoms. The summed E-state index contributed by atoms with van der Waals surface area (Å²) in [7, 11) is 2.38. The van der Waals surface area contributed by atoms with E-state index in [0.29, 0.717) is 0 Å². The molecular weight excluding hydrogens is 232 g/mol. The van der Waals surface area contributed by atoms with Crippen LogP contribution in [-0.4, -0.2) is 25.8 Å². The van der Waals surface area contributed by atoms with Crippen LogP contribution in [0.25, 0.3) is 0 Å². The summed E-state index contributed by atoms with van der Waals surface area (Å²) < 4.78 is 31.5. The molecule has 17 heavy (non-hydrogen) atoms. The number of hydrogen-bond acceptors (Lipinski definition) is 3. The van der Waals surface area contributed by atoms with Crippen molar-refractivity contribution in [1.29, 1.82) is 0 Å². The first kappa shape index (κ1) is 13.1. The van der Waals surface area contributed by atoms with Gasteiger partial charge in [-0.15, -0.1) is 0 Å². The van der Waals surface area contributed by atoms with Crippen molar-refractivity contribution in [3.05, 3.63) is 23.8 Å². The number of methoxy groups -OCH3 is 1. The van der Waals surface area contributed by atoms with Crippen LogP contribution in [0.5, 0.6) is 5.75 Å². The summed E-state index contributed by atoms with van der Waals surface area (Å²) in [6.45, 7) is 1.05. The standard InChI is InChI=1S/C11H11F2NO3/c1-6(15)11(16)14(2)9-4-8(13)10(17-3)5-7(9)12/h4-5H,1-3H3. The first-order valence-electron chi connectivity index (χ1n) is 4.70. The molecule has 92 valence electrons. The predicted octanol–water partition coefficient (Wildman–Crippen LogP) is 1.53. The minimum absolute atomic E-state index is 0.269. The lowest BCUT2D eigenvalue weighted by atomic mass is 10.2. The van der Waals surface area contributed by atoms with Crippen molar-refractivity contribution < 1.29 is 23.1 Å². The average Bonchev–Trinajstić information content (AvgIpc) is 2.29. The van der Waals surface area contributed by atoms with Gasteiger partial charge >= 0.3 is 0 Å². The van der Waals surface area contributed by atoms with Crippen LogP contribution in [0.2, 0.25) is 0 Å². The number of rotatable bonds is 3. The number of carbonyl (C=O) groups excluding carboxylic acids is 2. The second-order valence-electron chi connectivity index (χ2n) is 3.36. The van der Waals surface area contributed by atoms with Crippen LogP contribution in [-0.2, 0) is 9.59 Å². The Balaban J connectivity index is 3.19. The van der Waals surface area contributed by atoms with Crippen molar-refractivity contribution in [2.45, 2.75) is 6.92 Å². The van der Waals surface area contributed by atoms with Gasteiger partial charge in [-0.05, 0) is 0 Å². The highest BCUT2D eigenvalue weighted by Gasteiger charge is 2.20. The maximum atomic E-state index is 13.5. The van der Waals surface area contributed by atoms with Gasteiger partial charge in [0, 0.05) is 26.1 Å². The van der Waals surface area contributed by atoms with Gasteiger partial charge in [0.25, 0.3) is 5.91 Å². The molecule has 4 nitrogen and oxygen atoms in total. The van der Waals surface area contributed by atoms with E-state index in [1.54, 1.807) is 0 Å². The molecule has 1 aromatic carbocycles. The van der Waals surface area contributed by atoms with Gasteiger partial charge in [-0.2, -0.15) is 0 Å². The number of likely N-dealkylation sites (N-methyl/N-ethyl adjacent to an activating group) is 1. The van der Waals surface area contributed by atoms with Gasteiger partial charge in [-0.25, -0.2) is 8.78 Å². The van der Waals surface area contributed by atoms with E-state index >= 15 is 0 Å². The number of hydrogen-bond donors (Lipinski definition) is 0. The molecule has 1 rings (SSSR count). The summed E-state index contributed by atoms with van der Waals surface area (Å²) >= 11 is 0. The number of benzene rings is 1. The molecule has 0 aliphatic heterocycles. The Bertz CT molecular complexity index is 474. The molecular formula is C11H11F2NO3. The van der Waals surface area contributed by atoms with Gasteiger partial charge in [0.15, 0.2) is 17.4 Å². The number of nitrogens with zero attached hydrogens (tertiary/aromatic N) is 1. The Hall–Kier alpha value is -1.98. The minimum Gasteiger partial charge on any atom is -0.494 e. The minimum atomic E-state index is -0.923. The van der Waals surface area contributed by atoms with Crippen LogP contribution >= 0.6 is 0 Å². The first-order chi connectivity index (χ1) is 7.88. The van der Waals surface area contributed by atoms with Crippen molar-refractivity contribution in [1.82, 2.24) is 0 Å². The van der Waals surface area contributed by atoms with Crippen LogP contribution in [0, 0.1) is 11.6 Å². The van der Waals surface area contributed by atoms with Gasteiger partial charge in [0.05, 0.1) is 12.8 Å². The van der Waals surface area contributed by atoms with Gasteiger partial charge in [0.1, 0.15) is 0 Å². The van der Waals surface area contributed by atoms with E-state index in [4.69, 9.17) is 0 Å². The lowest BCUT2D eigenvalue weighted by molar-refractivity contribution is -0.134. The first-order valence-corrected chi connectivity index (χ1v) is 4.70. The highest BCUT2D eigenvalue weighted by molar-refractivity contribution is 6.40. The molecule has 1 amide bonds. The lowest BCUT2D eigenvalue weighted by Gasteiger charge is -2.17.